The second kappa shape index (κ2) is 5.09. The number of nitrogens with zero attached hydrogens (tertiary/aromatic N) is 2. The number of aryl methyl sites for hydroxylation is 1. The molecule has 98 valence electrons. The fraction of sp³-hybridized carbons (Fsp3) is 0.300. The summed E-state index contributed by atoms with van der Waals surface area (Å²) in [6.07, 6.45) is 3.08. The zero-order valence-corrected chi connectivity index (χ0v) is 11.7. The number of hydrogen-bond acceptors (Lipinski definition) is 5. The standard InChI is InChI=1S/C10H14N4O2S2/c1-11-4-8-3-10(17-7-8)18(15,16)13-9-5-12-14(2)6-9/h3,5-7,11,13H,4H2,1-2H3. The number of anilines is 1. The first-order valence-corrected chi connectivity index (χ1v) is 7.61. The topological polar surface area (TPSA) is 76.0 Å². The molecule has 2 N–H and O–H groups in total. The molecule has 2 rings (SSSR count). The molecule has 0 aliphatic carbocycles. The van der Waals surface area contributed by atoms with Crippen molar-refractivity contribution in [1.82, 2.24) is 15.1 Å². The van der Waals surface area contributed by atoms with E-state index < -0.39 is 10.0 Å². The molecule has 0 aliphatic rings. The van der Waals surface area contributed by atoms with Gasteiger partial charge in [-0.05, 0) is 24.1 Å². The number of nitrogens with one attached hydrogen (secondary N) is 2. The fourth-order valence-corrected chi connectivity index (χ4v) is 3.71. The molecule has 0 atom stereocenters. The largest absolute Gasteiger partial charge is 0.316 e. The minimum absolute atomic E-state index is 0.302. The van der Waals surface area contributed by atoms with E-state index in [4.69, 9.17) is 0 Å². The average molecular weight is 286 g/mol. The summed E-state index contributed by atoms with van der Waals surface area (Å²) in [5.41, 5.74) is 1.41. The molecule has 6 nitrogen and oxygen atoms in total. The van der Waals surface area contributed by atoms with Crippen LogP contribution in [0.2, 0.25) is 0 Å². The van der Waals surface area contributed by atoms with Crippen molar-refractivity contribution in [1.29, 1.82) is 0 Å². The highest BCUT2D eigenvalue weighted by Crippen LogP contribution is 2.22. The molecule has 0 bridgehead atoms. The third-order valence-electron chi connectivity index (χ3n) is 2.23. The van der Waals surface area contributed by atoms with Gasteiger partial charge in [-0.2, -0.15) is 5.10 Å². The minimum atomic E-state index is -3.51. The first kappa shape index (κ1) is 13.1. The lowest BCUT2D eigenvalue weighted by Gasteiger charge is -2.02. The molecule has 2 heterocycles. The van der Waals surface area contributed by atoms with Crippen LogP contribution in [0.25, 0.3) is 0 Å². The lowest BCUT2D eigenvalue weighted by molar-refractivity contribution is 0.603. The molecule has 0 fully saturated rings. The highest BCUT2D eigenvalue weighted by Gasteiger charge is 2.17. The van der Waals surface area contributed by atoms with Crippen molar-refractivity contribution in [2.45, 2.75) is 10.8 Å². The number of rotatable bonds is 5. The molecule has 18 heavy (non-hydrogen) atoms. The van der Waals surface area contributed by atoms with Gasteiger partial charge in [0.05, 0.1) is 11.9 Å². The molecule has 0 aromatic carbocycles. The molecule has 0 aliphatic heterocycles. The van der Waals surface area contributed by atoms with Gasteiger partial charge in [0.1, 0.15) is 4.21 Å². The SMILES string of the molecule is CNCc1csc(S(=O)(=O)Nc2cnn(C)c2)c1. The molecular formula is C10H14N4O2S2. The Kier molecular flexibility index (Phi) is 3.69. The van der Waals surface area contributed by atoms with Crippen LogP contribution in [0.4, 0.5) is 5.69 Å². The third kappa shape index (κ3) is 2.89. The van der Waals surface area contributed by atoms with E-state index in [2.05, 4.69) is 15.1 Å². The normalized spacial score (nSPS) is 11.7. The molecule has 0 spiro atoms. The van der Waals surface area contributed by atoms with Crippen LogP contribution < -0.4 is 10.0 Å². The van der Waals surface area contributed by atoms with E-state index in [1.807, 2.05) is 12.4 Å². The Balaban J connectivity index is 2.19. The summed E-state index contributed by atoms with van der Waals surface area (Å²) < 4.78 is 28.5. The third-order valence-corrected chi connectivity index (χ3v) is 5.10. The Morgan fingerprint density at radius 1 is 1.50 bits per heavy atom. The van der Waals surface area contributed by atoms with Crippen molar-refractivity contribution in [2.75, 3.05) is 11.8 Å². The summed E-state index contributed by atoms with van der Waals surface area (Å²) in [4.78, 5) is 0. The molecule has 2 aromatic heterocycles. The molecule has 0 amide bonds. The van der Waals surface area contributed by atoms with E-state index in [9.17, 15) is 8.42 Å². The Morgan fingerprint density at radius 2 is 2.28 bits per heavy atom. The van der Waals surface area contributed by atoms with Crippen LogP contribution in [0, 0.1) is 0 Å². The predicted octanol–water partition coefficient (Wildman–Crippen LogP) is 1.00. The maximum absolute atomic E-state index is 12.1. The molecule has 0 radical (unpaired) electrons. The maximum atomic E-state index is 12.1. The molecule has 2 aromatic rings. The van der Waals surface area contributed by atoms with Gasteiger partial charge in [0, 0.05) is 19.8 Å². The number of hydrogen-bond donors (Lipinski definition) is 2. The maximum Gasteiger partial charge on any atom is 0.271 e. The zero-order chi connectivity index (χ0) is 13.2. The smallest absolute Gasteiger partial charge is 0.271 e. The number of aromatic nitrogens is 2. The van der Waals surface area contributed by atoms with E-state index in [1.54, 1.807) is 24.0 Å². The lowest BCUT2D eigenvalue weighted by Crippen LogP contribution is -2.11. The van der Waals surface area contributed by atoms with Crippen LogP contribution in [-0.4, -0.2) is 25.2 Å². The zero-order valence-electron chi connectivity index (χ0n) is 10.0. The van der Waals surface area contributed by atoms with Gasteiger partial charge in [0.25, 0.3) is 10.0 Å². The van der Waals surface area contributed by atoms with Crippen molar-refractivity contribution >= 4 is 27.0 Å². The summed E-state index contributed by atoms with van der Waals surface area (Å²) in [5.74, 6) is 0. The number of thiophene rings is 1. The summed E-state index contributed by atoms with van der Waals surface area (Å²) >= 11 is 1.20. The molecule has 0 saturated carbocycles. The van der Waals surface area contributed by atoms with E-state index in [0.717, 1.165) is 5.56 Å². The fourth-order valence-electron chi connectivity index (χ4n) is 1.47. The van der Waals surface area contributed by atoms with Gasteiger partial charge >= 0.3 is 0 Å². The Bertz CT molecular complexity index is 630. The lowest BCUT2D eigenvalue weighted by atomic mass is 10.3. The van der Waals surface area contributed by atoms with Crippen molar-refractivity contribution in [3.05, 3.63) is 29.4 Å². The monoisotopic (exact) mass is 286 g/mol. The Labute approximate surface area is 110 Å². The van der Waals surface area contributed by atoms with Crippen molar-refractivity contribution in [3.8, 4) is 0 Å². The highest BCUT2D eigenvalue weighted by atomic mass is 32.2. The van der Waals surface area contributed by atoms with E-state index in [1.165, 1.54) is 17.5 Å². The van der Waals surface area contributed by atoms with E-state index >= 15 is 0 Å². The van der Waals surface area contributed by atoms with Crippen LogP contribution in [-0.2, 0) is 23.6 Å². The van der Waals surface area contributed by atoms with Crippen LogP contribution >= 0.6 is 11.3 Å². The van der Waals surface area contributed by atoms with Crippen molar-refractivity contribution in [3.63, 3.8) is 0 Å². The second-order valence-electron chi connectivity index (χ2n) is 3.81. The minimum Gasteiger partial charge on any atom is -0.316 e. The van der Waals surface area contributed by atoms with Gasteiger partial charge in [-0.25, -0.2) is 8.42 Å². The number of sulfonamides is 1. The summed E-state index contributed by atoms with van der Waals surface area (Å²) in [6.45, 7) is 0.652. The summed E-state index contributed by atoms with van der Waals surface area (Å²) in [5, 5.41) is 8.72. The van der Waals surface area contributed by atoms with Gasteiger partial charge in [-0.15, -0.1) is 11.3 Å². The molecule has 8 heteroatoms. The quantitative estimate of drug-likeness (QED) is 0.860. The summed E-state index contributed by atoms with van der Waals surface area (Å²) in [6, 6.07) is 1.67. The van der Waals surface area contributed by atoms with Crippen LogP contribution in [0.5, 0.6) is 0 Å². The van der Waals surface area contributed by atoms with Crippen LogP contribution in [0.15, 0.2) is 28.0 Å². The first-order valence-electron chi connectivity index (χ1n) is 5.25. The Hall–Kier alpha value is -1.38. The van der Waals surface area contributed by atoms with E-state index in [-0.39, 0.29) is 0 Å². The molecular weight excluding hydrogens is 272 g/mol. The Morgan fingerprint density at radius 3 is 2.89 bits per heavy atom. The van der Waals surface area contributed by atoms with Gasteiger partial charge in [0.15, 0.2) is 0 Å². The molecule has 0 unspecified atom stereocenters. The summed E-state index contributed by atoms with van der Waals surface area (Å²) in [7, 11) is 0.0392. The van der Waals surface area contributed by atoms with E-state index in [0.29, 0.717) is 16.4 Å². The second-order valence-corrected chi connectivity index (χ2v) is 6.63. The van der Waals surface area contributed by atoms with Crippen LogP contribution in [0.3, 0.4) is 0 Å². The van der Waals surface area contributed by atoms with Gasteiger partial charge in [0.2, 0.25) is 0 Å². The highest BCUT2D eigenvalue weighted by molar-refractivity contribution is 7.94. The first-order chi connectivity index (χ1) is 8.51. The van der Waals surface area contributed by atoms with Gasteiger partial charge in [-0.1, -0.05) is 0 Å². The van der Waals surface area contributed by atoms with Crippen molar-refractivity contribution in [2.24, 2.45) is 7.05 Å². The van der Waals surface area contributed by atoms with Gasteiger partial charge < -0.3 is 5.32 Å². The van der Waals surface area contributed by atoms with Gasteiger partial charge in [-0.3, -0.25) is 9.40 Å². The van der Waals surface area contributed by atoms with Crippen LogP contribution in [0.1, 0.15) is 5.56 Å². The predicted molar refractivity (Wildman–Crippen MR) is 71.1 cm³/mol. The molecule has 0 saturated heterocycles. The van der Waals surface area contributed by atoms with Crippen molar-refractivity contribution < 1.29 is 8.42 Å². The average Bonchev–Trinajstić information content (AvgIpc) is 2.88.